The Hall–Kier alpha value is -0.790. The summed E-state index contributed by atoms with van der Waals surface area (Å²) in [5.74, 6) is 0.997. The molecule has 0 aromatic carbocycles. The molecule has 2 heteroatoms. The standard InChI is InChI=1S/C10H15NO/c1-8(12)11-7-6-9-4-2-3-5-10(9)11/h2-3,9-10H,4-7H2,1H3/t9-,10+/m1/s1. The average Bonchev–Trinajstić information content (AvgIpc) is 2.47. The van der Waals surface area contributed by atoms with Gasteiger partial charge in [-0.2, -0.15) is 0 Å². The van der Waals surface area contributed by atoms with Gasteiger partial charge in [-0.3, -0.25) is 4.79 Å². The third-order valence-electron chi connectivity index (χ3n) is 3.07. The second kappa shape index (κ2) is 2.92. The monoisotopic (exact) mass is 165 g/mol. The van der Waals surface area contributed by atoms with Crippen molar-refractivity contribution in [2.45, 2.75) is 32.2 Å². The van der Waals surface area contributed by atoms with Gasteiger partial charge in [-0.05, 0) is 25.2 Å². The zero-order chi connectivity index (χ0) is 8.55. The molecule has 0 radical (unpaired) electrons. The molecule has 12 heavy (non-hydrogen) atoms. The van der Waals surface area contributed by atoms with Crippen LogP contribution in [0.15, 0.2) is 12.2 Å². The minimum atomic E-state index is 0.248. The van der Waals surface area contributed by atoms with Gasteiger partial charge in [0.2, 0.25) is 5.91 Å². The molecule has 0 N–H and O–H groups in total. The number of likely N-dealkylation sites (tertiary alicyclic amines) is 1. The minimum Gasteiger partial charge on any atom is -0.339 e. The van der Waals surface area contributed by atoms with E-state index in [0.29, 0.717) is 6.04 Å². The molecule has 1 amide bonds. The van der Waals surface area contributed by atoms with Gasteiger partial charge in [0, 0.05) is 19.5 Å². The van der Waals surface area contributed by atoms with Gasteiger partial charge in [-0.25, -0.2) is 0 Å². The Morgan fingerprint density at radius 2 is 2.17 bits per heavy atom. The number of carbonyl (C=O) groups is 1. The molecule has 1 fully saturated rings. The molecule has 2 rings (SSSR count). The number of rotatable bonds is 0. The summed E-state index contributed by atoms with van der Waals surface area (Å²) >= 11 is 0. The van der Waals surface area contributed by atoms with Gasteiger partial charge in [-0.1, -0.05) is 12.2 Å². The van der Waals surface area contributed by atoms with E-state index in [1.807, 2.05) is 4.90 Å². The van der Waals surface area contributed by atoms with E-state index in [1.165, 1.54) is 12.8 Å². The predicted molar refractivity (Wildman–Crippen MR) is 47.7 cm³/mol. The summed E-state index contributed by atoms with van der Waals surface area (Å²) in [4.78, 5) is 13.2. The van der Waals surface area contributed by atoms with Crippen molar-refractivity contribution in [1.82, 2.24) is 4.90 Å². The van der Waals surface area contributed by atoms with Crippen LogP contribution in [0.4, 0.5) is 0 Å². The molecule has 0 unspecified atom stereocenters. The fraction of sp³-hybridized carbons (Fsp3) is 0.700. The highest BCUT2D eigenvalue weighted by Crippen LogP contribution is 2.32. The van der Waals surface area contributed by atoms with Crippen molar-refractivity contribution in [3.63, 3.8) is 0 Å². The van der Waals surface area contributed by atoms with Crippen molar-refractivity contribution in [3.05, 3.63) is 12.2 Å². The molecular formula is C10H15NO. The average molecular weight is 165 g/mol. The topological polar surface area (TPSA) is 20.3 Å². The maximum Gasteiger partial charge on any atom is 0.219 e. The van der Waals surface area contributed by atoms with Crippen molar-refractivity contribution >= 4 is 5.91 Å². The van der Waals surface area contributed by atoms with Gasteiger partial charge in [0.15, 0.2) is 0 Å². The number of carbonyl (C=O) groups excluding carboxylic acids is 1. The Morgan fingerprint density at radius 3 is 2.92 bits per heavy atom. The first-order chi connectivity index (χ1) is 5.79. The van der Waals surface area contributed by atoms with Crippen molar-refractivity contribution in [3.8, 4) is 0 Å². The molecule has 1 heterocycles. The zero-order valence-corrected chi connectivity index (χ0v) is 7.49. The molecule has 0 aromatic rings. The minimum absolute atomic E-state index is 0.248. The lowest BCUT2D eigenvalue weighted by Gasteiger charge is -2.28. The molecular weight excluding hydrogens is 150 g/mol. The fourth-order valence-corrected chi connectivity index (χ4v) is 2.41. The summed E-state index contributed by atoms with van der Waals surface area (Å²) in [5.41, 5.74) is 0. The molecule has 2 nitrogen and oxygen atoms in total. The molecule has 1 aliphatic heterocycles. The lowest BCUT2D eigenvalue weighted by atomic mass is 9.90. The maximum atomic E-state index is 11.2. The molecule has 0 bridgehead atoms. The molecule has 0 saturated carbocycles. The van der Waals surface area contributed by atoms with Crippen LogP contribution in [0.2, 0.25) is 0 Å². The second-order valence-corrected chi connectivity index (χ2v) is 3.77. The van der Waals surface area contributed by atoms with E-state index in [4.69, 9.17) is 0 Å². The van der Waals surface area contributed by atoms with Crippen molar-refractivity contribution in [2.75, 3.05) is 6.54 Å². The fourth-order valence-electron chi connectivity index (χ4n) is 2.41. The smallest absolute Gasteiger partial charge is 0.219 e. The van der Waals surface area contributed by atoms with Gasteiger partial charge in [-0.15, -0.1) is 0 Å². The highest BCUT2D eigenvalue weighted by Gasteiger charge is 2.35. The van der Waals surface area contributed by atoms with Crippen molar-refractivity contribution in [1.29, 1.82) is 0 Å². The second-order valence-electron chi connectivity index (χ2n) is 3.77. The summed E-state index contributed by atoms with van der Waals surface area (Å²) in [7, 11) is 0. The Kier molecular flexibility index (Phi) is 1.91. The molecule has 0 spiro atoms. The highest BCUT2D eigenvalue weighted by molar-refractivity contribution is 5.74. The predicted octanol–water partition coefficient (Wildman–Crippen LogP) is 1.57. The summed E-state index contributed by atoms with van der Waals surface area (Å²) < 4.78 is 0. The number of nitrogens with zero attached hydrogens (tertiary/aromatic N) is 1. The molecule has 2 atom stereocenters. The first-order valence-electron chi connectivity index (χ1n) is 4.71. The van der Waals surface area contributed by atoms with Crippen LogP contribution in [0.5, 0.6) is 0 Å². The Labute approximate surface area is 73.2 Å². The van der Waals surface area contributed by atoms with Crippen LogP contribution in [0.1, 0.15) is 26.2 Å². The SMILES string of the molecule is CC(=O)N1CC[C@H]2CC=CC[C@@H]21. The van der Waals surface area contributed by atoms with E-state index in [0.717, 1.165) is 18.9 Å². The van der Waals surface area contributed by atoms with Crippen LogP contribution in [-0.2, 0) is 4.79 Å². The van der Waals surface area contributed by atoms with E-state index < -0.39 is 0 Å². The van der Waals surface area contributed by atoms with Crippen LogP contribution in [0.25, 0.3) is 0 Å². The van der Waals surface area contributed by atoms with Crippen LogP contribution in [-0.4, -0.2) is 23.4 Å². The number of allylic oxidation sites excluding steroid dienone is 1. The maximum absolute atomic E-state index is 11.2. The van der Waals surface area contributed by atoms with Gasteiger partial charge in [0.05, 0.1) is 0 Å². The van der Waals surface area contributed by atoms with Crippen molar-refractivity contribution in [2.24, 2.45) is 5.92 Å². The van der Waals surface area contributed by atoms with E-state index in [2.05, 4.69) is 12.2 Å². The lowest BCUT2D eigenvalue weighted by molar-refractivity contribution is -0.129. The summed E-state index contributed by atoms with van der Waals surface area (Å²) in [5, 5.41) is 0. The number of fused-ring (bicyclic) bond motifs is 1. The number of hydrogen-bond acceptors (Lipinski definition) is 1. The Morgan fingerprint density at radius 1 is 1.42 bits per heavy atom. The van der Waals surface area contributed by atoms with E-state index >= 15 is 0 Å². The summed E-state index contributed by atoms with van der Waals surface area (Å²) in [6.07, 6.45) is 7.92. The van der Waals surface area contributed by atoms with Gasteiger partial charge >= 0.3 is 0 Å². The summed E-state index contributed by atoms with van der Waals surface area (Å²) in [6, 6.07) is 0.521. The molecule has 2 aliphatic rings. The van der Waals surface area contributed by atoms with E-state index in [9.17, 15) is 4.79 Å². The largest absolute Gasteiger partial charge is 0.339 e. The van der Waals surface area contributed by atoms with Crippen LogP contribution in [0, 0.1) is 5.92 Å². The third kappa shape index (κ3) is 1.15. The van der Waals surface area contributed by atoms with Crippen molar-refractivity contribution < 1.29 is 4.79 Å². The van der Waals surface area contributed by atoms with Gasteiger partial charge < -0.3 is 4.90 Å². The quantitative estimate of drug-likeness (QED) is 0.499. The number of amides is 1. The first kappa shape index (κ1) is 7.84. The van der Waals surface area contributed by atoms with E-state index in [1.54, 1.807) is 6.92 Å². The molecule has 0 aromatic heterocycles. The summed E-state index contributed by atoms with van der Waals surface area (Å²) in [6.45, 7) is 2.66. The zero-order valence-electron chi connectivity index (χ0n) is 7.49. The third-order valence-corrected chi connectivity index (χ3v) is 3.07. The Bertz CT molecular complexity index is 222. The normalized spacial score (nSPS) is 33.6. The first-order valence-corrected chi connectivity index (χ1v) is 4.71. The van der Waals surface area contributed by atoms with E-state index in [-0.39, 0.29) is 5.91 Å². The molecule has 66 valence electrons. The van der Waals surface area contributed by atoms with Gasteiger partial charge in [0.1, 0.15) is 0 Å². The van der Waals surface area contributed by atoms with Gasteiger partial charge in [0.25, 0.3) is 0 Å². The Balaban J connectivity index is 2.11. The molecule has 1 saturated heterocycles. The van der Waals surface area contributed by atoms with Crippen LogP contribution >= 0.6 is 0 Å². The number of hydrogen-bond donors (Lipinski definition) is 0. The van der Waals surface area contributed by atoms with Crippen LogP contribution in [0.3, 0.4) is 0 Å². The molecule has 1 aliphatic carbocycles. The highest BCUT2D eigenvalue weighted by atomic mass is 16.2. The lowest BCUT2D eigenvalue weighted by Crippen LogP contribution is -2.36. The van der Waals surface area contributed by atoms with Crippen LogP contribution < -0.4 is 0 Å².